The monoisotopic (exact) mass is 228 g/mol. The van der Waals surface area contributed by atoms with Crippen molar-refractivity contribution in [2.24, 2.45) is 0 Å². The lowest BCUT2D eigenvalue weighted by Gasteiger charge is -2.09. The van der Waals surface area contributed by atoms with Crippen LogP contribution in [0.4, 0.5) is 0 Å². The lowest BCUT2D eigenvalue weighted by atomic mass is 10.1. The first-order valence-electron chi connectivity index (χ1n) is 4.66. The van der Waals surface area contributed by atoms with Crippen LogP contribution < -0.4 is 4.74 Å². The summed E-state index contributed by atoms with van der Waals surface area (Å²) in [5.74, 6) is 0.255. The van der Waals surface area contributed by atoms with Gasteiger partial charge in [0.25, 0.3) is 0 Å². The highest BCUT2D eigenvalue weighted by Crippen LogP contribution is 2.28. The van der Waals surface area contributed by atoms with Crippen molar-refractivity contribution in [2.45, 2.75) is 13.3 Å². The second-order valence-electron chi connectivity index (χ2n) is 2.91. The number of esters is 1. The fourth-order valence-electron chi connectivity index (χ4n) is 1.29. The number of carbonyl (C=O) groups is 1. The van der Waals surface area contributed by atoms with E-state index in [0.29, 0.717) is 17.4 Å². The molecule has 0 aliphatic heterocycles. The normalized spacial score (nSPS) is 9.80. The van der Waals surface area contributed by atoms with Crippen molar-refractivity contribution in [3.05, 3.63) is 28.8 Å². The maximum atomic E-state index is 11.3. The number of halogens is 1. The summed E-state index contributed by atoms with van der Waals surface area (Å²) in [5.41, 5.74) is 0.739. The molecule has 1 aromatic carbocycles. The molecule has 0 saturated heterocycles. The third kappa shape index (κ3) is 3.13. The molecule has 0 bridgehead atoms. The summed E-state index contributed by atoms with van der Waals surface area (Å²) < 4.78 is 9.96. The zero-order valence-corrected chi connectivity index (χ0v) is 9.50. The minimum Gasteiger partial charge on any atom is -0.495 e. The number of para-hydroxylation sites is 1. The van der Waals surface area contributed by atoms with E-state index in [-0.39, 0.29) is 12.4 Å². The number of hydrogen-bond donors (Lipinski definition) is 0. The van der Waals surface area contributed by atoms with E-state index in [4.69, 9.17) is 21.1 Å². The SMILES string of the molecule is CCOC(=O)Cc1cccc(Cl)c1OC. The molecule has 0 aliphatic rings. The van der Waals surface area contributed by atoms with Crippen molar-refractivity contribution in [2.75, 3.05) is 13.7 Å². The predicted octanol–water partition coefficient (Wildman–Crippen LogP) is 2.45. The van der Waals surface area contributed by atoms with Gasteiger partial charge in [0.2, 0.25) is 0 Å². The van der Waals surface area contributed by atoms with Crippen LogP contribution in [0.15, 0.2) is 18.2 Å². The fraction of sp³-hybridized carbons (Fsp3) is 0.364. The Balaban J connectivity index is 2.84. The van der Waals surface area contributed by atoms with Crippen LogP contribution in [-0.4, -0.2) is 19.7 Å². The van der Waals surface area contributed by atoms with E-state index >= 15 is 0 Å². The standard InChI is InChI=1S/C11H13ClO3/c1-3-15-10(13)7-8-5-4-6-9(12)11(8)14-2/h4-6H,3,7H2,1-2H3. The second-order valence-corrected chi connectivity index (χ2v) is 3.32. The predicted molar refractivity (Wildman–Crippen MR) is 58.3 cm³/mol. The van der Waals surface area contributed by atoms with E-state index in [1.807, 2.05) is 0 Å². The van der Waals surface area contributed by atoms with Gasteiger partial charge in [-0.15, -0.1) is 0 Å². The first-order chi connectivity index (χ1) is 7.19. The van der Waals surface area contributed by atoms with Gasteiger partial charge in [-0.1, -0.05) is 23.7 Å². The highest BCUT2D eigenvalue weighted by molar-refractivity contribution is 6.32. The Morgan fingerprint density at radius 1 is 1.47 bits per heavy atom. The molecule has 3 nitrogen and oxygen atoms in total. The van der Waals surface area contributed by atoms with Crippen molar-refractivity contribution in [3.63, 3.8) is 0 Å². The molecule has 82 valence electrons. The Kier molecular flexibility index (Phi) is 4.43. The van der Waals surface area contributed by atoms with Crippen LogP contribution in [0.5, 0.6) is 5.75 Å². The Hall–Kier alpha value is -1.22. The maximum Gasteiger partial charge on any atom is 0.310 e. The lowest BCUT2D eigenvalue weighted by Crippen LogP contribution is -2.08. The number of ether oxygens (including phenoxy) is 2. The van der Waals surface area contributed by atoms with Crippen LogP contribution in [-0.2, 0) is 16.0 Å². The van der Waals surface area contributed by atoms with Crippen molar-refractivity contribution in [1.29, 1.82) is 0 Å². The van der Waals surface area contributed by atoms with Crippen LogP contribution in [0.25, 0.3) is 0 Å². The first kappa shape index (κ1) is 11.9. The highest BCUT2D eigenvalue weighted by Gasteiger charge is 2.11. The molecule has 0 radical (unpaired) electrons. The summed E-state index contributed by atoms with van der Waals surface area (Å²) >= 11 is 5.91. The van der Waals surface area contributed by atoms with Gasteiger partial charge in [0, 0.05) is 5.56 Å². The molecule has 0 unspecified atom stereocenters. The molecule has 4 heteroatoms. The average molecular weight is 229 g/mol. The zero-order valence-electron chi connectivity index (χ0n) is 8.75. The Morgan fingerprint density at radius 3 is 2.80 bits per heavy atom. The molecule has 0 heterocycles. The summed E-state index contributed by atoms with van der Waals surface area (Å²) in [6.45, 7) is 2.15. The largest absolute Gasteiger partial charge is 0.495 e. The van der Waals surface area contributed by atoms with E-state index in [1.165, 1.54) is 7.11 Å². The summed E-state index contributed by atoms with van der Waals surface area (Å²) in [5, 5.41) is 0.499. The Bertz CT molecular complexity index is 350. The molecule has 1 rings (SSSR count). The molecule has 0 saturated carbocycles. The molecular weight excluding hydrogens is 216 g/mol. The smallest absolute Gasteiger partial charge is 0.310 e. The van der Waals surface area contributed by atoms with Gasteiger partial charge in [-0.05, 0) is 13.0 Å². The first-order valence-corrected chi connectivity index (χ1v) is 5.03. The third-order valence-corrected chi connectivity index (χ3v) is 2.19. The van der Waals surface area contributed by atoms with Crippen LogP contribution in [0.2, 0.25) is 5.02 Å². The molecule has 15 heavy (non-hydrogen) atoms. The van der Waals surface area contributed by atoms with Gasteiger partial charge in [-0.3, -0.25) is 4.79 Å². The molecule has 0 N–H and O–H groups in total. The minimum atomic E-state index is -0.280. The van der Waals surface area contributed by atoms with Gasteiger partial charge in [0.05, 0.1) is 25.2 Å². The zero-order chi connectivity index (χ0) is 11.3. The van der Waals surface area contributed by atoms with E-state index in [9.17, 15) is 4.79 Å². The molecule has 0 spiro atoms. The number of hydrogen-bond acceptors (Lipinski definition) is 3. The topological polar surface area (TPSA) is 35.5 Å². The van der Waals surface area contributed by atoms with Crippen molar-refractivity contribution in [1.82, 2.24) is 0 Å². The summed E-state index contributed by atoms with van der Waals surface area (Å²) in [6, 6.07) is 5.29. The number of carbonyl (C=O) groups excluding carboxylic acids is 1. The lowest BCUT2D eigenvalue weighted by molar-refractivity contribution is -0.142. The van der Waals surface area contributed by atoms with E-state index < -0.39 is 0 Å². The molecule has 0 atom stereocenters. The van der Waals surface area contributed by atoms with Gasteiger partial charge in [0.15, 0.2) is 0 Å². The third-order valence-electron chi connectivity index (χ3n) is 1.89. The Labute approximate surface area is 93.9 Å². The number of benzene rings is 1. The van der Waals surface area contributed by atoms with E-state index in [2.05, 4.69) is 0 Å². The maximum absolute atomic E-state index is 11.3. The molecule has 0 fully saturated rings. The Morgan fingerprint density at radius 2 is 2.20 bits per heavy atom. The van der Waals surface area contributed by atoms with Crippen LogP contribution >= 0.6 is 11.6 Å². The van der Waals surface area contributed by atoms with E-state index in [0.717, 1.165) is 5.56 Å². The van der Waals surface area contributed by atoms with Gasteiger partial charge >= 0.3 is 5.97 Å². The van der Waals surface area contributed by atoms with Crippen molar-refractivity contribution >= 4 is 17.6 Å². The van der Waals surface area contributed by atoms with E-state index in [1.54, 1.807) is 25.1 Å². The second kappa shape index (κ2) is 5.61. The van der Waals surface area contributed by atoms with Gasteiger partial charge < -0.3 is 9.47 Å². The van der Waals surface area contributed by atoms with Crippen molar-refractivity contribution in [3.8, 4) is 5.75 Å². The fourth-order valence-corrected chi connectivity index (χ4v) is 1.56. The number of rotatable bonds is 4. The highest BCUT2D eigenvalue weighted by atomic mass is 35.5. The molecule has 0 amide bonds. The molecular formula is C11H13ClO3. The average Bonchev–Trinajstić information content (AvgIpc) is 2.18. The number of methoxy groups -OCH3 is 1. The van der Waals surface area contributed by atoms with Crippen LogP contribution in [0, 0.1) is 0 Å². The van der Waals surface area contributed by atoms with Crippen molar-refractivity contribution < 1.29 is 14.3 Å². The minimum absolute atomic E-state index is 0.178. The van der Waals surface area contributed by atoms with Gasteiger partial charge in [-0.25, -0.2) is 0 Å². The summed E-state index contributed by atoms with van der Waals surface area (Å²) in [7, 11) is 1.52. The van der Waals surface area contributed by atoms with Gasteiger partial charge in [-0.2, -0.15) is 0 Å². The summed E-state index contributed by atoms with van der Waals surface area (Å²) in [6.07, 6.45) is 0.178. The van der Waals surface area contributed by atoms with Gasteiger partial charge in [0.1, 0.15) is 5.75 Å². The van der Waals surface area contributed by atoms with Crippen LogP contribution in [0.3, 0.4) is 0 Å². The quantitative estimate of drug-likeness (QED) is 0.743. The van der Waals surface area contributed by atoms with Crippen LogP contribution in [0.1, 0.15) is 12.5 Å². The molecule has 0 aliphatic carbocycles. The molecule has 1 aromatic rings. The molecule has 0 aromatic heterocycles. The summed E-state index contributed by atoms with van der Waals surface area (Å²) in [4.78, 5) is 11.3.